The van der Waals surface area contributed by atoms with Gasteiger partial charge in [0.15, 0.2) is 0 Å². The highest BCUT2D eigenvalue weighted by Crippen LogP contribution is 2.18. The predicted octanol–water partition coefficient (Wildman–Crippen LogP) is -1.08. The van der Waals surface area contributed by atoms with Crippen molar-refractivity contribution < 1.29 is 9.59 Å². The van der Waals surface area contributed by atoms with Gasteiger partial charge in [0.1, 0.15) is 0 Å². The normalized spacial score (nSPS) is 29.1. The molecule has 19 heavy (non-hydrogen) atoms. The van der Waals surface area contributed by atoms with Crippen LogP contribution in [0.15, 0.2) is 0 Å². The Hall–Kier alpha value is -1.14. The number of nitrogens with zero attached hydrogens (tertiary/aromatic N) is 1. The zero-order valence-corrected chi connectivity index (χ0v) is 11.7. The fourth-order valence-corrected chi connectivity index (χ4v) is 2.74. The largest absolute Gasteiger partial charge is 0.359 e. The Bertz CT molecular complexity index is 332. The van der Waals surface area contributed by atoms with Crippen LogP contribution in [0.5, 0.6) is 0 Å². The maximum Gasteiger partial charge on any atom is 0.241 e. The molecule has 2 aliphatic heterocycles. The molecule has 0 aromatic carbocycles. The molecule has 3 N–H and O–H groups in total. The van der Waals surface area contributed by atoms with E-state index in [-0.39, 0.29) is 23.8 Å². The molecule has 2 fully saturated rings. The Kier molecular flexibility index (Phi) is 4.76. The molecule has 2 unspecified atom stereocenters. The van der Waals surface area contributed by atoms with E-state index in [0.29, 0.717) is 25.7 Å². The Labute approximate surface area is 114 Å². The minimum absolute atomic E-state index is 0.0616. The third-order valence-corrected chi connectivity index (χ3v) is 4.06. The minimum atomic E-state index is -0.118. The number of carbonyl (C=O) groups is 2. The average molecular weight is 268 g/mol. The molecule has 2 heterocycles. The highest BCUT2D eigenvalue weighted by molar-refractivity contribution is 5.83. The number of carbonyl (C=O) groups excluding carboxylic acids is 2. The number of rotatable bonds is 2. The molecule has 0 aromatic rings. The summed E-state index contributed by atoms with van der Waals surface area (Å²) in [4.78, 5) is 25.8. The molecular formula is C13H24N4O2. The second-order valence-corrected chi connectivity index (χ2v) is 5.48. The maximum absolute atomic E-state index is 12.3. The number of amides is 2. The monoisotopic (exact) mass is 268 g/mol. The molecular weight excluding hydrogens is 244 g/mol. The lowest BCUT2D eigenvalue weighted by Crippen LogP contribution is -2.60. The summed E-state index contributed by atoms with van der Waals surface area (Å²) in [5.74, 6) is 0.319. The lowest BCUT2D eigenvalue weighted by molar-refractivity contribution is -0.137. The molecule has 2 amide bonds. The number of hydrogen-bond acceptors (Lipinski definition) is 4. The third kappa shape index (κ3) is 3.45. The quantitative estimate of drug-likeness (QED) is 0.596. The van der Waals surface area contributed by atoms with Crippen LogP contribution in [0.2, 0.25) is 0 Å². The standard InChI is InChI=1S/C13H24N4O2/c1-9-7-16-11(8-15-9)13(19)17-5-3-10(4-6-17)12(18)14-2/h9-11,15-16H,3-8H2,1-2H3,(H,14,18). The zero-order valence-electron chi connectivity index (χ0n) is 11.7. The van der Waals surface area contributed by atoms with Gasteiger partial charge in [0.2, 0.25) is 11.8 Å². The van der Waals surface area contributed by atoms with Gasteiger partial charge in [-0.2, -0.15) is 0 Å². The summed E-state index contributed by atoms with van der Waals surface area (Å²) in [6, 6.07) is 0.302. The average Bonchev–Trinajstić information content (AvgIpc) is 2.46. The van der Waals surface area contributed by atoms with Gasteiger partial charge in [-0.05, 0) is 19.8 Å². The zero-order chi connectivity index (χ0) is 13.8. The van der Waals surface area contributed by atoms with Gasteiger partial charge in [-0.3, -0.25) is 9.59 Å². The van der Waals surface area contributed by atoms with Crippen molar-refractivity contribution >= 4 is 11.8 Å². The summed E-state index contributed by atoms with van der Waals surface area (Å²) in [6.45, 7) is 4.98. The van der Waals surface area contributed by atoms with E-state index in [9.17, 15) is 9.59 Å². The Balaban J connectivity index is 1.81. The van der Waals surface area contributed by atoms with E-state index in [2.05, 4.69) is 22.9 Å². The number of nitrogens with one attached hydrogen (secondary N) is 3. The Morgan fingerprint density at radius 1 is 1.16 bits per heavy atom. The van der Waals surface area contributed by atoms with E-state index in [1.165, 1.54) is 0 Å². The first-order valence-corrected chi connectivity index (χ1v) is 7.09. The van der Waals surface area contributed by atoms with Crippen LogP contribution in [0, 0.1) is 5.92 Å². The molecule has 2 saturated heterocycles. The van der Waals surface area contributed by atoms with Crippen molar-refractivity contribution in [2.45, 2.75) is 31.8 Å². The molecule has 2 aliphatic rings. The smallest absolute Gasteiger partial charge is 0.241 e. The van der Waals surface area contributed by atoms with Gasteiger partial charge in [-0.1, -0.05) is 0 Å². The van der Waals surface area contributed by atoms with E-state index in [0.717, 1.165) is 19.4 Å². The van der Waals surface area contributed by atoms with E-state index in [4.69, 9.17) is 0 Å². The van der Waals surface area contributed by atoms with Crippen molar-refractivity contribution in [1.29, 1.82) is 0 Å². The van der Waals surface area contributed by atoms with Gasteiger partial charge in [0.25, 0.3) is 0 Å². The van der Waals surface area contributed by atoms with Crippen molar-refractivity contribution in [2.24, 2.45) is 5.92 Å². The summed E-state index contributed by atoms with van der Waals surface area (Å²) in [6.07, 6.45) is 1.53. The lowest BCUT2D eigenvalue weighted by Gasteiger charge is -2.36. The van der Waals surface area contributed by atoms with Crippen LogP contribution < -0.4 is 16.0 Å². The first-order chi connectivity index (χ1) is 9.11. The Morgan fingerprint density at radius 3 is 2.37 bits per heavy atom. The van der Waals surface area contributed by atoms with E-state index in [1.807, 2.05) is 4.90 Å². The first-order valence-electron chi connectivity index (χ1n) is 7.09. The van der Waals surface area contributed by atoms with Crippen molar-refractivity contribution in [1.82, 2.24) is 20.9 Å². The van der Waals surface area contributed by atoms with E-state index >= 15 is 0 Å². The van der Waals surface area contributed by atoms with Crippen LogP contribution in [-0.4, -0.2) is 62.0 Å². The molecule has 2 atom stereocenters. The van der Waals surface area contributed by atoms with Crippen molar-refractivity contribution in [3.8, 4) is 0 Å². The molecule has 0 aromatic heterocycles. The van der Waals surface area contributed by atoms with Crippen LogP contribution >= 0.6 is 0 Å². The number of piperidine rings is 1. The van der Waals surface area contributed by atoms with Gasteiger partial charge in [-0.15, -0.1) is 0 Å². The summed E-state index contributed by atoms with van der Waals surface area (Å²) in [7, 11) is 1.67. The van der Waals surface area contributed by atoms with Gasteiger partial charge >= 0.3 is 0 Å². The predicted molar refractivity (Wildman–Crippen MR) is 72.6 cm³/mol. The molecule has 0 aliphatic carbocycles. The van der Waals surface area contributed by atoms with Crippen LogP contribution in [0.1, 0.15) is 19.8 Å². The highest BCUT2D eigenvalue weighted by Gasteiger charge is 2.31. The molecule has 0 saturated carbocycles. The molecule has 0 spiro atoms. The Morgan fingerprint density at radius 2 is 1.84 bits per heavy atom. The highest BCUT2D eigenvalue weighted by atomic mass is 16.2. The fraction of sp³-hybridized carbons (Fsp3) is 0.846. The molecule has 6 heteroatoms. The van der Waals surface area contributed by atoms with Crippen LogP contribution in [-0.2, 0) is 9.59 Å². The van der Waals surface area contributed by atoms with Crippen LogP contribution in [0.4, 0.5) is 0 Å². The number of hydrogen-bond donors (Lipinski definition) is 3. The van der Waals surface area contributed by atoms with Crippen molar-refractivity contribution in [3.63, 3.8) is 0 Å². The second-order valence-electron chi connectivity index (χ2n) is 5.48. The second kappa shape index (κ2) is 6.34. The van der Waals surface area contributed by atoms with E-state index in [1.54, 1.807) is 7.05 Å². The summed E-state index contributed by atoms with van der Waals surface area (Å²) in [5.41, 5.74) is 0. The minimum Gasteiger partial charge on any atom is -0.359 e. The van der Waals surface area contributed by atoms with Gasteiger partial charge in [0.05, 0.1) is 6.04 Å². The van der Waals surface area contributed by atoms with Gasteiger partial charge < -0.3 is 20.9 Å². The molecule has 2 rings (SSSR count). The molecule has 108 valence electrons. The molecule has 0 bridgehead atoms. The molecule has 6 nitrogen and oxygen atoms in total. The summed E-state index contributed by atoms with van der Waals surface area (Å²) >= 11 is 0. The van der Waals surface area contributed by atoms with Crippen LogP contribution in [0.3, 0.4) is 0 Å². The lowest BCUT2D eigenvalue weighted by atomic mass is 9.95. The maximum atomic E-state index is 12.3. The summed E-state index contributed by atoms with van der Waals surface area (Å²) in [5, 5.41) is 9.27. The third-order valence-electron chi connectivity index (χ3n) is 4.06. The first kappa shape index (κ1) is 14.3. The summed E-state index contributed by atoms with van der Waals surface area (Å²) < 4.78 is 0. The van der Waals surface area contributed by atoms with Crippen molar-refractivity contribution in [3.05, 3.63) is 0 Å². The van der Waals surface area contributed by atoms with Crippen LogP contribution in [0.25, 0.3) is 0 Å². The van der Waals surface area contributed by atoms with E-state index < -0.39 is 0 Å². The van der Waals surface area contributed by atoms with Gasteiger partial charge in [-0.25, -0.2) is 0 Å². The molecule has 0 radical (unpaired) electrons. The number of likely N-dealkylation sites (tertiary alicyclic amines) is 1. The van der Waals surface area contributed by atoms with Gasteiger partial charge in [0, 0.05) is 45.2 Å². The van der Waals surface area contributed by atoms with Crippen molar-refractivity contribution in [2.75, 3.05) is 33.2 Å². The topological polar surface area (TPSA) is 73.5 Å². The number of piperazine rings is 1. The SMILES string of the molecule is CNC(=O)C1CCN(C(=O)C2CNC(C)CN2)CC1. The fourth-order valence-electron chi connectivity index (χ4n) is 2.74.